The van der Waals surface area contributed by atoms with E-state index >= 15 is 0 Å². The summed E-state index contributed by atoms with van der Waals surface area (Å²) in [6, 6.07) is 4.64. The molecule has 1 amide bonds. The molecular formula is C18H28N2O2S. The fourth-order valence-corrected chi connectivity index (χ4v) is 4.32. The molecule has 2 fully saturated rings. The van der Waals surface area contributed by atoms with E-state index in [-0.39, 0.29) is 0 Å². The van der Waals surface area contributed by atoms with Crippen LogP contribution in [0.1, 0.15) is 37.0 Å². The van der Waals surface area contributed by atoms with E-state index in [0.29, 0.717) is 18.4 Å². The zero-order valence-electron chi connectivity index (χ0n) is 13.9. The molecule has 0 saturated carbocycles. The summed E-state index contributed by atoms with van der Waals surface area (Å²) >= 11 is 1.75. The highest BCUT2D eigenvalue weighted by Crippen LogP contribution is 2.22. The van der Waals surface area contributed by atoms with E-state index in [1.807, 2.05) is 0 Å². The summed E-state index contributed by atoms with van der Waals surface area (Å²) < 4.78 is 5.41. The number of amides is 1. The number of rotatable bonds is 6. The number of hydrogen-bond acceptors (Lipinski definition) is 4. The van der Waals surface area contributed by atoms with Gasteiger partial charge in [0.25, 0.3) is 0 Å². The highest BCUT2D eigenvalue weighted by atomic mass is 32.1. The normalized spacial score (nSPS) is 23.1. The van der Waals surface area contributed by atoms with Crippen LogP contribution in [0.5, 0.6) is 0 Å². The number of likely N-dealkylation sites (tertiary alicyclic amines) is 1. The summed E-state index contributed by atoms with van der Waals surface area (Å²) in [6.07, 6.45) is 6.28. The number of hydrogen-bond donors (Lipinski definition) is 0. The van der Waals surface area contributed by atoms with Crippen molar-refractivity contribution in [2.75, 3.05) is 39.4 Å². The molecule has 0 radical (unpaired) electrons. The van der Waals surface area contributed by atoms with Gasteiger partial charge in [0.05, 0.1) is 13.2 Å². The van der Waals surface area contributed by atoms with Crippen LogP contribution >= 0.6 is 11.3 Å². The summed E-state index contributed by atoms with van der Waals surface area (Å²) in [6.45, 7) is 5.85. The van der Waals surface area contributed by atoms with Gasteiger partial charge in [-0.3, -0.25) is 9.69 Å². The zero-order chi connectivity index (χ0) is 15.9. The van der Waals surface area contributed by atoms with E-state index in [1.54, 1.807) is 11.3 Å². The maximum Gasteiger partial charge on any atom is 0.223 e. The van der Waals surface area contributed by atoms with Gasteiger partial charge < -0.3 is 9.64 Å². The Hall–Kier alpha value is -0.910. The minimum absolute atomic E-state index is 0.352. The SMILES string of the molecule is O=C(CCc1cccs1)N1CCCC[C@H]1CCN1CCOCC1. The van der Waals surface area contributed by atoms with E-state index in [4.69, 9.17) is 4.74 Å². The molecule has 0 unspecified atom stereocenters. The van der Waals surface area contributed by atoms with Crippen molar-refractivity contribution in [2.45, 2.75) is 44.6 Å². The summed E-state index contributed by atoms with van der Waals surface area (Å²) in [5, 5.41) is 2.09. The third-order valence-corrected chi connectivity index (χ3v) is 5.93. The minimum Gasteiger partial charge on any atom is -0.379 e. The molecule has 1 atom stereocenters. The van der Waals surface area contributed by atoms with Gasteiger partial charge in [0.15, 0.2) is 0 Å². The van der Waals surface area contributed by atoms with Gasteiger partial charge >= 0.3 is 0 Å². The van der Waals surface area contributed by atoms with E-state index in [0.717, 1.165) is 52.2 Å². The Kier molecular flexibility index (Phi) is 6.48. The molecule has 1 aromatic heterocycles. The lowest BCUT2D eigenvalue weighted by molar-refractivity contribution is -0.135. The van der Waals surface area contributed by atoms with Crippen LogP contribution in [0.25, 0.3) is 0 Å². The van der Waals surface area contributed by atoms with Crippen LogP contribution in [0.15, 0.2) is 17.5 Å². The molecule has 0 aromatic carbocycles. The third kappa shape index (κ3) is 5.03. The second kappa shape index (κ2) is 8.81. The number of aryl methyl sites for hydroxylation is 1. The first kappa shape index (κ1) is 16.9. The summed E-state index contributed by atoms with van der Waals surface area (Å²) in [7, 11) is 0. The number of carbonyl (C=O) groups is 1. The molecule has 128 valence electrons. The van der Waals surface area contributed by atoms with Crippen molar-refractivity contribution in [1.29, 1.82) is 0 Å². The van der Waals surface area contributed by atoms with Gasteiger partial charge in [0.1, 0.15) is 0 Å². The highest BCUT2D eigenvalue weighted by Gasteiger charge is 2.26. The van der Waals surface area contributed by atoms with Crippen molar-refractivity contribution in [3.05, 3.63) is 22.4 Å². The standard InChI is InChI=1S/C18H28N2O2S/c21-18(7-6-17-5-3-15-23-17)20-9-2-1-4-16(20)8-10-19-11-13-22-14-12-19/h3,5,15-16H,1-2,4,6-14H2/t16-/m0/s1. The monoisotopic (exact) mass is 336 g/mol. The average molecular weight is 337 g/mol. The van der Waals surface area contributed by atoms with Crippen molar-refractivity contribution >= 4 is 17.2 Å². The van der Waals surface area contributed by atoms with Gasteiger partial charge in [0.2, 0.25) is 5.91 Å². The van der Waals surface area contributed by atoms with Gasteiger partial charge in [-0.15, -0.1) is 11.3 Å². The lowest BCUT2D eigenvalue weighted by atomic mass is 9.98. The second-order valence-electron chi connectivity index (χ2n) is 6.56. The van der Waals surface area contributed by atoms with Crippen molar-refractivity contribution in [3.8, 4) is 0 Å². The molecule has 5 heteroatoms. The van der Waals surface area contributed by atoms with Crippen LogP contribution in [0, 0.1) is 0 Å². The lowest BCUT2D eigenvalue weighted by Crippen LogP contribution is -2.46. The van der Waals surface area contributed by atoms with Crippen LogP contribution < -0.4 is 0 Å². The first-order valence-corrected chi connectivity index (χ1v) is 9.83. The molecule has 1 aromatic rings. The topological polar surface area (TPSA) is 32.8 Å². The molecule has 2 aliphatic rings. The van der Waals surface area contributed by atoms with Gasteiger partial charge in [-0.05, 0) is 43.6 Å². The Morgan fingerprint density at radius 2 is 2.13 bits per heavy atom. The van der Waals surface area contributed by atoms with Crippen molar-refractivity contribution in [1.82, 2.24) is 9.80 Å². The summed E-state index contributed by atoms with van der Waals surface area (Å²) in [4.78, 5) is 18.6. The Balaban J connectivity index is 1.47. The average Bonchev–Trinajstić information content (AvgIpc) is 3.12. The Morgan fingerprint density at radius 3 is 2.91 bits per heavy atom. The van der Waals surface area contributed by atoms with Crippen LogP contribution in [-0.2, 0) is 16.0 Å². The van der Waals surface area contributed by atoms with Crippen molar-refractivity contribution in [2.24, 2.45) is 0 Å². The maximum atomic E-state index is 12.7. The largest absolute Gasteiger partial charge is 0.379 e. The van der Waals surface area contributed by atoms with Gasteiger partial charge in [-0.2, -0.15) is 0 Å². The molecule has 23 heavy (non-hydrogen) atoms. The number of ether oxygens (including phenoxy) is 1. The van der Waals surface area contributed by atoms with Crippen molar-refractivity contribution < 1.29 is 9.53 Å². The summed E-state index contributed by atoms with van der Waals surface area (Å²) in [5.74, 6) is 0.352. The zero-order valence-corrected chi connectivity index (χ0v) is 14.7. The molecule has 3 rings (SSSR count). The third-order valence-electron chi connectivity index (χ3n) is 5.00. The molecule has 0 spiro atoms. The fourth-order valence-electron chi connectivity index (χ4n) is 3.61. The molecule has 3 heterocycles. The number of morpholine rings is 1. The lowest BCUT2D eigenvalue weighted by Gasteiger charge is -2.37. The molecule has 0 aliphatic carbocycles. The predicted molar refractivity (Wildman–Crippen MR) is 93.9 cm³/mol. The first-order valence-electron chi connectivity index (χ1n) is 8.95. The Morgan fingerprint density at radius 1 is 1.26 bits per heavy atom. The molecule has 2 aliphatic heterocycles. The molecule has 0 bridgehead atoms. The second-order valence-corrected chi connectivity index (χ2v) is 7.59. The smallest absolute Gasteiger partial charge is 0.223 e. The summed E-state index contributed by atoms with van der Waals surface area (Å²) in [5.41, 5.74) is 0. The predicted octanol–water partition coefficient (Wildman–Crippen LogP) is 2.78. The fraction of sp³-hybridized carbons (Fsp3) is 0.722. The first-order chi connectivity index (χ1) is 11.3. The Labute approximate surface area is 143 Å². The molecule has 4 nitrogen and oxygen atoms in total. The van der Waals surface area contributed by atoms with Gasteiger partial charge in [-0.25, -0.2) is 0 Å². The number of piperidine rings is 1. The van der Waals surface area contributed by atoms with E-state index in [2.05, 4.69) is 27.3 Å². The molecule has 2 saturated heterocycles. The van der Waals surface area contributed by atoms with E-state index < -0.39 is 0 Å². The van der Waals surface area contributed by atoms with Crippen molar-refractivity contribution in [3.63, 3.8) is 0 Å². The van der Waals surface area contributed by atoms with E-state index in [1.165, 1.54) is 24.1 Å². The highest BCUT2D eigenvalue weighted by molar-refractivity contribution is 7.09. The van der Waals surface area contributed by atoms with Crippen LogP contribution in [0.2, 0.25) is 0 Å². The molecule has 0 N–H and O–H groups in total. The Bertz CT molecular complexity index is 471. The van der Waals surface area contributed by atoms with E-state index in [9.17, 15) is 4.79 Å². The number of thiophene rings is 1. The molecular weight excluding hydrogens is 308 g/mol. The number of nitrogens with zero attached hydrogens (tertiary/aromatic N) is 2. The van der Waals surface area contributed by atoms with Crippen LogP contribution in [0.3, 0.4) is 0 Å². The number of carbonyl (C=O) groups excluding carboxylic acids is 1. The minimum atomic E-state index is 0.352. The quantitative estimate of drug-likeness (QED) is 0.801. The van der Waals surface area contributed by atoms with Gasteiger partial charge in [-0.1, -0.05) is 6.07 Å². The van der Waals surface area contributed by atoms with Gasteiger partial charge in [0, 0.05) is 43.5 Å². The van der Waals surface area contributed by atoms with Crippen LogP contribution in [-0.4, -0.2) is 61.1 Å². The maximum absolute atomic E-state index is 12.7. The van der Waals surface area contributed by atoms with Crippen LogP contribution in [0.4, 0.5) is 0 Å².